The molecule has 0 amide bonds. The van der Waals surface area contributed by atoms with Gasteiger partial charge < -0.3 is 4.74 Å². The first-order valence-electron chi connectivity index (χ1n) is 7.05. The molecule has 2 nitrogen and oxygen atoms in total. The Morgan fingerprint density at radius 1 is 1.10 bits per heavy atom. The topological polar surface area (TPSA) is 33.0 Å². The Balaban J connectivity index is 1.61. The molecule has 1 atom stereocenters. The minimum absolute atomic E-state index is 0.565. The second-order valence-electron chi connectivity index (χ2n) is 5.33. The molecule has 0 saturated heterocycles. The normalized spacial score (nSPS) is 17.1. The van der Waals surface area contributed by atoms with Gasteiger partial charge in [-0.05, 0) is 54.5 Å². The molecule has 1 unspecified atom stereocenters. The quantitative estimate of drug-likeness (QED) is 0.845. The van der Waals surface area contributed by atoms with Crippen LogP contribution >= 0.6 is 0 Å². The first kappa shape index (κ1) is 12.7. The van der Waals surface area contributed by atoms with E-state index in [0.29, 0.717) is 11.5 Å². The number of hydrogen-bond donors (Lipinski definition) is 0. The summed E-state index contributed by atoms with van der Waals surface area (Å²) in [5.74, 6) is 1.36. The van der Waals surface area contributed by atoms with Crippen LogP contribution in [-0.2, 0) is 12.8 Å². The van der Waals surface area contributed by atoms with Crippen LogP contribution in [0.4, 0.5) is 0 Å². The molecular formula is C18H17NO. The van der Waals surface area contributed by atoms with Crippen LogP contribution in [0.1, 0.15) is 23.1 Å². The second-order valence-corrected chi connectivity index (χ2v) is 5.33. The van der Waals surface area contributed by atoms with Crippen molar-refractivity contribution < 1.29 is 4.74 Å². The maximum Gasteiger partial charge on any atom is 0.120 e. The first-order chi connectivity index (χ1) is 9.85. The van der Waals surface area contributed by atoms with Gasteiger partial charge in [-0.15, -0.1) is 0 Å². The molecule has 2 heteroatoms. The lowest BCUT2D eigenvalue weighted by atomic mass is 9.84. The van der Waals surface area contributed by atoms with Crippen LogP contribution in [0, 0.1) is 17.2 Å². The SMILES string of the molecule is N#Cc1cccc(OCC2CCc3ccccc3C2)c1. The Kier molecular flexibility index (Phi) is 3.69. The Bertz CT molecular complexity index is 642. The molecule has 1 aliphatic rings. The van der Waals surface area contributed by atoms with E-state index in [-0.39, 0.29) is 0 Å². The second kappa shape index (κ2) is 5.79. The van der Waals surface area contributed by atoms with Gasteiger partial charge in [0, 0.05) is 0 Å². The van der Waals surface area contributed by atoms with Gasteiger partial charge in [-0.2, -0.15) is 5.26 Å². The highest BCUT2D eigenvalue weighted by atomic mass is 16.5. The average molecular weight is 263 g/mol. The Labute approximate surface area is 119 Å². The minimum atomic E-state index is 0.565. The number of benzene rings is 2. The van der Waals surface area contributed by atoms with Gasteiger partial charge in [0.25, 0.3) is 0 Å². The first-order valence-corrected chi connectivity index (χ1v) is 7.05. The van der Waals surface area contributed by atoms with Gasteiger partial charge in [-0.1, -0.05) is 30.3 Å². The molecule has 0 saturated carbocycles. The molecular weight excluding hydrogens is 246 g/mol. The lowest BCUT2D eigenvalue weighted by Crippen LogP contribution is -2.20. The number of rotatable bonds is 3. The third kappa shape index (κ3) is 2.83. The van der Waals surface area contributed by atoms with E-state index < -0.39 is 0 Å². The molecule has 0 fully saturated rings. The molecule has 3 rings (SSSR count). The van der Waals surface area contributed by atoms with Crippen LogP contribution in [0.2, 0.25) is 0 Å². The molecule has 0 bridgehead atoms. The molecule has 100 valence electrons. The highest BCUT2D eigenvalue weighted by Crippen LogP contribution is 2.26. The smallest absolute Gasteiger partial charge is 0.120 e. The fourth-order valence-electron chi connectivity index (χ4n) is 2.78. The number of nitriles is 1. The van der Waals surface area contributed by atoms with Crippen molar-refractivity contribution in [3.05, 3.63) is 65.2 Å². The highest BCUT2D eigenvalue weighted by molar-refractivity contribution is 5.36. The highest BCUT2D eigenvalue weighted by Gasteiger charge is 2.18. The summed E-state index contributed by atoms with van der Waals surface area (Å²) in [6.07, 6.45) is 3.41. The van der Waals surface area contributed by atoms with E-state index in [4.69, 9.17) is 10.00 Å². The maximum absolute atomic E-state index is 8.88. The Morgan fingerprint density at radius 2 is 1.95 bits per heavy atom. The zero-order valence-electron chi connectivity index (χ0n) is 11.4. The zero-order valence-corrected chi connectivity index (χ0v) is 11.4. The van der Waals surface area contributed by atoms with E-state index in [1.165, 1.54) is 17.5 Å². The van der Waals surface area contributed by atoms with Gasteiger partial charge in [0.1, 0.15) is 5.75 Å². The fourth-order valence-corrected chi connectivity index (χ4v) is 2.78. The summed E-state index contributed by atoms with van der Waals surface area (Å²) in [6.45, 7) is 0.725. The summed E-state index contributed by atoms with van der Waals surface area (Å²) in [6, 6.07) is 18.2. The van der Waals surface area contributed by atoms with Crippen molar-refractivity contribution in [3.8, 4) is 11.8 Å². The summed E-state index contributed by atoms with van der Waals surface area (Å²) in [7, 11) is 0. The zero-order chi connectivity index (χ0) is 13.8. The van der Waals surface area contributed by atoms with Crippen LogP contribution in [0.3, 0.4) is 0 Å². The third-order valence-electron chi connectivity index (χ3n) is 3.90. The maximum atomic E-state index is 8.88. The molecule has 1 aliphatic carbocycles. The molecule has 0 spiro atoms. The van der Waals surface area contributed by atoms with E-state index in [1.54, 1.807) is 12.1 Å². The predicted molar refractivity (Wildman–Crippen MR) is 78.6 cm³/mol. The van der Waals surface area contributed by atoms with Crippen LogP contribution < -0.4 is 4.74 Å². The molecule has 20 heavy (non-hydrogen) atoms. The fraction of sp³-hybridized carbons (Fsp3) is 0.278. The van der Waals surface area contributed by atoms with Crippen molar-refractivity contribution in [2.24, 2.45) is 5.92 Å². The number of ether oxygens (including phenoxy) is 1. The van der Waals surface area contributed by atoms with E-state index in [9.17, 15) is 0 Å². The van der Waals surface area contributed by atoms with Gasteiger partial charge in [-0.25, -0.2) is 0 Å². The Morgan fingerprint density at radius 3 is 2.80 bits per heavy atom. The average Bonchev–Trinajstić information content (AvgIpc) is 2.53. The van der Waals surface area contributed by atoms with Gasteiger partial charge in [-0.3, -0.25) is 0 Å². The number of fused-ring (bicyclic) bond motifs is 1. The van der Waals surface area contributed by atoms with Crippen molar-refractivity contribution in [2.75, 3.05) is 6.61 Å². The molecule has 0 aromatic heterocycles. The largest absolute Gasteiger partial charge is 0.493 e. The summed E-state index contributed by atoms with van der Waals surface area (Å²) in [5.41, 5.74) is 3.59. The van der Waals surface area contributed by atoms with Crippen LogP contribution in [0.25, 0.3) is 0 Å². The summed E-state index contributed by atoms with van der Waals surface area (Å²) < 4.78 is 5.85. The van der Waals surface area contributed by atoms with E-state index in [0.717, 1.165) is 25.2 Å². The number of nitrogens with zero attached hydrogens (tertiary/aromatic N) is 1. The van der Waals surface area contributed by atoms with Crippen molar-refractivity contribution in [3.63, 3.8) is 0 Å². The van der Waals surface area contributed by atoms with Gasteiger partial charge >= 0.3 is 0 Å². The Hall–Kier alpha value is -2.27. The van der Waals surface area contributed by atoms with Gasteiger partial charge in [0.15, 0.2) is 0 Å². The summed E-state index contributed by atoms with van der Waals surface area (Å²) in [5, 5.41) is 8.88. The third-order valence-corrected chi connectivity index (χ3v) is 3.90. The molecule has 0 aliphatic heterocycles. The van der Waals surface area contributed by atoms with Crippen molar-refractivity contribution in [2.45, 2.75) is 19.3 Å². The lowest BCUT2D eigenvalue weighted by molar-refractivity contribution is 0.234. The molecule has 0 radical (unpaired) electrons. The molecule has 2 aromatic carbocycles. The van der Waals surface area contributed by atoms with E-state index >= 15 is 0 Å². The number of aryl methyl sites for hydroxylation is 1. The van der Waals surface area contributed by atoms with Crippen LogP contribution in [-0.4, -0.2) is 6.61 Å². The van der Waals surface area contributed by atoms with Crippen LogP contribution in [0.15, 0.2) is 48.5 Å². The van der Waals surface area contributed by atoms with Gasteiger partial charge in [0.05, 0.1) is 18.2 Å². The van der Waals surface area contributed by atoms with E-state index in [1.807, 2.05) is 12.1 Å². The van der Waals surface area contributed by atoms with Crippen LogP contribution in [0.5, 0.6) is 5.75 Å². The minimum Gasteiger partial charge on any atom is -0.493 e. The standard InChI is InChI=1S/C18H17NO/c19-12-14-4-3-7-18(11-14)20-13-15-8-9-16-5-1-2-6-17(16)10-15/h1-7,11,15H,8-10,13H2. The summed E-state index contributed by atoms with van der Waals surface area (Å²) >= 11 is 0. The van der Waals surface area contributed by atoms with Crippen molar-refractivity contribution >= 4 is 0 Å². The predicted octanol–water partition coefficient (Wildman–Crippen LogP) is 3.74. The molecule has 0 N–H and O–H groups in total. The number of hydrogen-bond acceptors (Lipinski definition) is 2. The van der Waals surface area contributed by atoms with Crippen molar-refractivity contribution in [1.82, 2.24) is 0 Å². The monoisotopic (exact) mass is 263 g/mol. The van der Waals surface area contributed by atoms with Crippen molar-refractivity contribution in [1.29, 1.82) is 5.26 Å². The van der Waals surface area contributed by atoms with Gasteiger partial charge in [0.2, 0.25) is 0 Å². The molecule has 0 heterocycles. The molecule has 2 aromatic rings. The summed E-state index contributed by atoms with van der Waals surface area (Å²) in [4.78, 5) is 0. The lowest BCUT2D eigenvalue weighted by Gasteiger charge is -2.24. The van der Waals surface area contributed by atoms with E-state index in [2.05, 4.69) is 30.3 Å².